The van der Waals surface area contributed by atoms with Crippen LogP contribution in [0.5, 0.6) is 23.0 Å². The van der Waals surface area contributed by atoms with Gasteiger partial charge in [-0.05, 0) is 55.5 Å². The van der Waals surface area contributed by atoms with Gasteiger partial charge in [0.05, 0.1) is 20.8 Å². The molecule has 5 nitrogen and oxygen atoms in total. The molecule has 5 heteroatoms. The van der Waals surface area contributed by atoms with E-state index in [2.05, 4.69) is 0 Å². The van der Waals surface area contributed by atoms with E-state index < -0.39 is 6.48 Å². The van der Waals surface area contributed by atoms with Crippen LogP contribution in [0.25, 0.3) is 0 Å². The van der Waals surface area contributed by atoms with Crippen molar-refractivity contribution in [3.8, 4) is 23.0 Å². The van der Waals surface area contributed by atoms with Crippen LogP contribution >= 0.6 is 0 Å². The first kappa shape index (κ1) is 16.0. The second-order valence-electron chi connectivity index (χ2n) is 4.33. The van der Waals surface area contributed by atoms with Crippen molar-refractivity contribution in [2.24, 2.45) is 0 Å². The summed E-state index contributed by atoms with van der Waals surface area (Å²) in [6.45, 7) is 1.52. The number of hydrogen-bond acceptors (Lipinski definition) is 5. The molecule has 2 aromatic carbocycles. The van der Waals surface area contributed by atoms with Gasteiger partial charge in [-0.3, -0.25) is 0 Å². The van der Waals surface area contributed by atoms with E-state index in [4.69, 9.17) is 23.7 Å². The average molecular weight is 304 g/mol. The summed E-state index contributed by atoms with van der Waals surface area (Å²) in [6, 6.07) is 14.4. The lowest BCUT2D eigenvalue weighted by molar-refractivity contribution is -0.196. The van der Waals surface area contributed by atoms with Crippen molar-refractivity contribution in [3.63, 3.8) is 0 Å². The standard InChI is InChI=1S/C17H20O5/c1-4-20-17(21-15-9-5-13(18-2)6-10-15)22-16-11-7-14(19-3)8-12-16/h5-12,17H,4H2,1-3H3. The SMILES string of the molecule is CCOC(Oc1ccc(OC)cc1)Oc1ccc(OC)cc1. The zero-order valence-electron chi connectivity index (χ0n) is 12.9. The normalized spacial score (nSPS) is 10.4. The van der Waals surface area contributed by atoms with Crippen molar-refractivity contribution in [3.05, 3.63) is 48.5 Å². The van der Waals surface area contributed by atoms with Gasteiger partial charge in [-0.1, -0.05) is 0 Å². The monoisotopic (exact) mass is 304 g/mol. The first-order valence-electron chi connectivity index (χ1n) is 6.98. The van der Waals surface area contributed by atoms with Crippen LogP contribution < -0.4 is 18.9 Å². The third-order valence-corrected chi connectivity index (χ3v) is 2.89. The van der Waals surface area contributed by atoms with E-state index >= 15 is 0 Å². The van der Waals surface area contributed by atoms with Gasteiger partial charge in [0.1, 0.15) is 23.0 Å². The molecule has 0 amide bonds. The van der Waals surface area contributed by atoms with Gasteiger partial charge < -0.3 is 23.7 Å². The van der Waals surface area contributed by atoms with Crippen molar-refractivity contribution in [2.45, 2.75) is 13.4 Å². The molecule has 2 aromatic rings. The summed E-state index contributed by atoms with van der Waals surface area (Å²) < 4.78 is 27.0. The second-order valence-corrected chi connectivity index (χ2v) is 4.33. The smallest absolute Gasteiger partial charge is 0.360 e. The summed E-state index contributed by atoms with van der Waals surface area (Å²) in [4.78, 5) is 0. The molecule has 2 rings (SSSR count). The van der Waals surface area contributed by atoms with Crippen molar-refractivity contribution in [1.82, 2.24) is 0 Å². The summed E-state index contributed by atoms with van der Waals surface area (Å²) in [7, 11) is 3.23. The molecule has 118 valence electrons. The minimum atomic E-state index is -0.827. The van der Waals surface area contributed by atoms with E-state index in [-0.39, 0.29) is 0 Å². The third-order valence-electron chi connectivity index (χ3n) is 2.89. The van der Waals surface area contributed by atoms with Gasteiger partial charge >= 0.3 is 6.48 Å². The van der Waals surface area contributed by atoms with Crippen molar-refractivity contribution >= 4 is 0 Å². The van der Waals surface area contributed by atoms with Gasteiger partial charge in [-0.2, -0.15) is 0 Å². The fraction of sp³-hybridized carbons (Fsp3) is 0.294. The molecule has 0 heterocycles. The van der Waals surface area contributed by atoms with E-state index in [0.29, 0.717) is 18.1 Å². The van der Waals surface area contributed by atoms with Crippen molar-refractivity contribution in [1.29, 1.82) is 0 Å². The molecule has 0 aliphatic rings. The highest BCUT2D eigenvalue weighted by molar-refractivity contribution is 5.32. The van der Waals surface area contributed by atoms with Crippen molar-refractivity contribution in [2.75, 3.05) is 20.8 Å². The zero-order valence-corrected chi connectivity index (χ0v) is 12.9. The maximum absolute atomic E-state index is 5.68. The Bertz CT molecular complexity index is 501. The van der Waals surface area contributed by atoms with Crippen LogP contribution in [-0.2, 0) is 4.74 Å². The molecule has 0 fully saturated rings. The maximum Gasteiger partial charge on any atom is 0.360 e. The minimum Gasteiger partial charge on any atom is -0.497 e. The molecule has 0 saturated heterocycles. The quantitative estimate of drug-likeness (QED) is 0.699. The Hall–Kier alpha value is -2.40. The van der Waals surface area contributed by atoms with Crippen molar-refractivity contribution < 1.29 is 23.7 Å². The van der Waals surface area contributed by atoms with Crippen LogP contribution in [0.3, 0.4) is 0 Å². The van der Waals surface area contributed by atoms with Gasteiger partial charge in [-0.15, -0.1) is 0 Å². The second kappa shape index (κ2) is 8.14. The summed E-state index contributed by atoms with van der Waals surface area (Å²) in [5, 5.41) is 0. The predicted octanol–water partition coefficient (Wildman–Crippen LogP) is 3.48. The van der Waals surface area contributed by atoms with Gasteiger partial charge in [-0.25, -0.2) is 0 Å². The highest BCUT2D eigenvalue weighted by atomic mass is 16.8. The molecule has 0 saturated carbocycles. The summed E-state index contributed by atoms with van der Waals surface area (Å²) in [5.74, 6) is 2.79. The average Bonchev–Trinajstić information content (AvgIpc) is 2.56. The van der Waals surface area contributed by atoms with Gasteiger partial charge in [0, 0.05) is 0 Å². The van der Waals surface area contributed by atoms with Crippen LogP contribution in [0, 0.1) is 0 Å². The lowest BCUT2D eigenvalue weighted by atomic mass is 10.3. The predicted molar refractivity (Wildman–Crippen MR) is 82.7 cm³/mol. The molecule has 0 radical (unpaired) electrons. The minimum absolute atomic E-state index is 0.469. The van der Waals surface area contributed by atoms with Gasteiger partial charge in [0.2, 0.25) is 0 Å². The first-order valence-corrected chi connectivity index (χ1v) is 6.98. The topological polar surface area (TPSA) is 46.2 Å². The highest BCUT2D eigenvalue weighted by Crippen LogP contribution is 2.22. The third kappa shape index (κ3) is 4.56. The Labute approximate surface area is 130 Å². The Balaban J connectivity index is 2.01. The number of ether oxygens (including phenoxy) is 5. The van der Waals surface area contributed by atoms with Gasteiger partial charge in [0.15, 0.2) is 0 Å². The fourth-order valence-electron chi connectivity index (χ4n) is 1.76. The number of benzene rings is 2. The molecular weight excluding hydrogens is 284 g/mol. The molecule has 0 unspecified atom stereocenters. The van der Waals surface area contributed by atoms with E-state index in [1.54, 1.807) is 38.5 Å². The van der Waals surface area contributed by atoms with E-state index in [9.17, 15) is 0 Å². The Kier molecular flexibility index (Phi) is 5.91. The summed E-state index contributed by atoms with van der Waals surface area (Å²) >= 11 is 0. The highest BCUT2D eigenvalue weighted by Gasteiger charge is 2.12. The van der Waals surface area contributed by atoms with Crippen LogP contribution in [0.15, 0.2) is 48.5 Å². The Morgan fingerprint density at radius 3 is 1.36 bits per heavy atom. The Morgan fingerprint density at radius 1 is 0.682 bits per heavy atom. The van der Waals surface area contributed by atoms with Crippen LogP contribution in [0.4, 0.5) is 0 Å². The Morgan fingerprint density at radius 2 is 1.05 bits per heavy atom. The summed E-state index contributed by atoms with van der Waals surface area (Å²) in [6.07, 6.45) is 0. The number of methoxy groups -OCH3 is 2. The van der Waals surface area contributed by atoms with Gasteiger partial charge in [0.25, 0.3) is 0 Å². The summed E-state index contributed by atoms with van der Waals surface area (Å²) in [5.41, 5.74) is 0. The molecule has 0 atom stereocenters. The lowest BCUT2D eigenvalue weighted by Crippen LogP contribution is -2.27. The zero-order chi connectivity index (χ0) is 15.8. The molecule has 0 N–H and O–H groups in total. The molecule has 0 aliphatic heterocycles. The van der Waals surface area contributed by atoms with Crippen LogP contribution in [0.1, 0.15) is 6.92 Å². The lowest BCUT2D eigenvalue weighted by Gasteiger charge is -2.20. The van der Waals surface area contributed by atoms with Crippen LogP contribution in [-0.4, -0.2) is 27.3 Å². The molecule has 22 heavy (non-hydrogen) atoms. The molecular formula is C17H20O5. The van der Waals surface area contributed by atoms with E-state index in [1.165, 1.54) is 0 Å². The maximum atomic E-state index is 5.68. The molecule has 0 bridgehead atoms. The molecule has 0 spiro atoms. The first-order chi connectivity index (χ1) is 10.7. The van der Waals surface area contributed by atoms with E-state index in [1.807, 2.05) is 31.2 Å². The van der Waals surface area contributed by atoms with E-state index in [0.717, 1.165) is 11.5 Å². The molecule has 0 aromatic heterocycles. The number of rotatable bonds is 8. The fourth-order valence-corrected chi connectivity index (χ4v) is 1.76. The molecule has 0 aliphatic carbocycles. The van der Waals surface area contributed by atoms with Crippen LogP contribution in [0.2, 0.25) is 0 Å². The number of hydrogen-bond donors (Lipinski definition) is 0. The largest absolute Gasteiger partial charge is 0.497 e.